The summed E-state index contributed by atoms with van der Waals surface area (Å²) in [5.74, 6) is 0. The van der Waals surface area contributed by atoms with Gasteiger partial charge < -0.3 is 18.7 Å². The fourth-order valence-corrected chi connectivity index (χ4v) is 5.64. The molecular weight excluding hydrogens is 501 g/mol. The predicted molar refractivity (Wildman–Crippen MR) is 174 cm³/mol. The SMILES string of the molecule is C=C(c1ccc(N(C)CCO[Si](C)(C)C(C)(C)C)cc1)c1ccc(N(C)CCO[Si](C)(C)C(C)(C)C)cc1. The molecule has 38 heavy (non-hydrogen) atoms. The summed E-state index contributed by atoms with van der Waals surface area (Å²) in [6.07, 6.45) is 0. The number of likely N-dealkylation sites (N-methyl/N-ethyl adjacent to an activating group) is 2. The third kappa shape index (κ3) is 8.57. The summed E-state index contributed by atoms with van der Waals surface area (Å²) in [6, 6.07) is 17.4. The molecule has 0 amide bonds. The van der Waals surface area contributed by atoms with E-state index in [9.17, 15) is 0 Å². The standard InChI is InChI=1S/C32H54N2O2Si2/c1-26(27-14-18-29(19-15-27)33(8)22-24-35-37(10,11)31(2,3)4)28-16-20-30(21-17-28)34(9)23-25-36-38(12,13)32(5,6)7/h14-21H,1,22-25H2,2-13H3. The lowest BCUT2D eigenvalue weighted by atomic mass is 9.99. The summed E-state index contributed by atoms with van der Waals surface area (Å²) in [4.78, 5) is 4.53. The number of hydrogen-bond acceptors (Lipinski definition) is 4. The lowest BCUT2D eigenvalue weighted by Gasteiger charge is -2.36. The Kier molecular flexibility index (Phi) is 10.7. The maximum Gasteiger partial charge on any atom is 0.192 e. The van der Waals surface area contributed by atoms with Gasteiger partial charge in [-0.25, -0.2) is 0 Å². The summed E-state index contributed by atoms with van der Waals surface area (Å²) < 4.78 is 12.7. The van der Waals surface area contributed by atoms with Gasteiger partial charge in [-0.15, -0.1) is 0 Å². The fourth-order valence-electron chi connectivity index (χ4n) is 3.57. The van der Waals surface area contributed by atoms with Gasteiger partial charge in [0.25, 0.3) is 0 Å². The molecule has 4 nitrogen and oxygen atoms in total. The van der Waals surface area contributed by atoms with E-state index in [2.05, 4.69) is 147 Å². The van der Waals surface area contributed by atoms with E-state index in [1.165, 1.54) is 11.4 Å². The van der Waals surface area contributed by atoms with Crippen molar-refractivity contribution in [2.24, 2.45) is 0 Å². The Morgan fingerprint density at radius 3 is 1.18 bits per heavy atom. The molecule has 2 rings (SSSR count). The molecule has 212 valence electrons. The van der Waals surface area contributed by atoms with Gasteiger partial charge in [-0.3, -0.25) is 0 Å². The van der Waals surface area contributed by atoms with Crippen LogP contribution in [-0.2, 0) is 8.85 Å². The van der Waals surface area contributed by atoms with Gasteiger partial charge in [0.15, 0.2) is 16.6 Å². The van der Waals surface area contributed by atoms with Gasteiger partial charge in [0, 0.05) is 38.6 Å². The minimum absolute atomic E-state index is 0.236. The maximum atomic E-state index is 6.36. The third-order valence-electron chi connectivity index (χ3n) is 8.70. The minimum Gasteiger partial charge on any atom is -0.415 e. The smallest absolute Gasteiger partial charge is 0.192 e. The Bertz CT molecular complexity index is 950. The van der Waals surface area contributed by atoms with Gasteiger partial charge in [0.2, 0.25) is 0 Å². The van der Waals surface area contributed by atoms with E-state index in [0.717, 1.165) is 43.0 Å². The normalized spacial score (nSPS) is 12.9. The first-order valence-corrected chi connectivity index (χ1v) is 19.8. The van der Waals surface area contributed by atoms with Crippen LogP contribution < -0.4 is 9.80 Å². The number of rotatable bonds is 12. The zero-order valence-electron chi connectivity index (χ0n) is 26.4. The quantitative estimate of drug-likeness (QED) is 0.245. The summed E-state index contributed by atoms with van der Waals surface area (Å²) in [5.41, 5.74) is 5.71. The lowest BCUT2D eigenvalue weighted by molar-refractivity contribution is 0.295. The van der Waals surface area contributed by atoms with E-state index in [1.54, 1.807) is 0 Å². The van der Waals surface area contributed by atoms with Gasteiger partial charge in [0.1, 0.15) is 0 Å². The molecule has 0 unspecified atom stereocenters. The summed E-state index contributed by atoms with van der Waals surface area (Å²) in [5, 5.41) is 0.473. The van der Waals surface area contributed by atoms with Crippen LogP contribution in [-0.4, -0.2) is 57.0 Å². The monoisotopic (exact) mass is 554 g/mol. The van der Waals surface area contributed by atoms with E-state index in [0.29, 0.717) is 0 Å². The van der Waals surface area contributed by atoms with Crippen LogP contribution in [0.4, 0.5) is 11.4 Å². The third-order valence-corrected chi connectivity index (χ3v) is 17.8. The van der Waals surface area contributed by atoms with Crippen molar-refractivity contribution >= 4 is 33.6 Å². The van der Waals surface area contributed by atoms with E-state index < -0.39 is 16.6 Å². The van der Waals surface area contributed by atoms with Crippen molar-refractivity contribution in [1.29, 1.82) is 0 Å². The van der Waals surface area contributed by atoms with E-state index >= 15 is 0 Å². The molecule has 0 aliphatic heterocycles. The minimum atomic E-state index is -1.71. The van der Waals surface area contributed by atoms with Gasteiger partial charge in [-0.05, 0) is 77.2 Å². The average Bonchev–Trinajstić information content (AvgIpc) is 2.82. The van der Waals surface area contributed by atoms with Crippen molar-refractivity contribution in [2.45, 2.75) is 77.8 Å². The molecular formula is C32H54N2O2Si2. The second-order valence-electron chi connectivity index (χ2n) is 13.6. The van der Waals surface area contributed by atoms with Gasteiger partial charge in [0.05, 0.1) is 13.2 Å². The van der Waals surface area contributed by atoms with Crippen LogP contribution in [0.2, 0.25) is 36.3 Å². The van der Waals surface area contributed by atoms with Crippen molar-refractivity contribution < 1.29 is 8.85 Å². The first kappa shape index (κ1) is 32.3. The second-order valence-corrected chi connectivity index (χ2v) is 23.3. The van der Waals surface area contributed by atoms with Crippen LogP contribution in [0, 0.1) is 0 Å². The highest BCUT2D eigenvalue weighted by molar-refractivity contribution is 6.74. The highest BCUT2D eigenvalue weighted by Crippen LogP contribution is 2.37. The molecule has 6 heteroatoms. The molecule has 0 fully saturated rings. The first-order chi connectivity index (χ1) is 17.4. The molecule has 0 N–H and O–H groups in total. The van der Waals surface area contributed by atoms with Crippen molar-refractivity contribution in [1.82, 2.24) is 0 Å². The number of nitrogens with zero attached hydrogens (tertiary/aromatic N) is 2. The maximum absolute atomic E-state index is 6.36. The molecule has 0 spiro atoms. The molecule has 0 saturated carbocycles. The number of benzene rings is 2. The van der Waals surface area contributed by atoms with E-state index in [-0.39, 0.29) is 10.1 Å². The van der Waals surface area contributed by atoms with E-state index in [1.807, 2.05) is 0 Å². The molecule has 0 atom stereocenters. The summed E-state index contributed by atoms with van der Waals surface area (Å²) in [6.45, 7) is 30.6. The molecule has 0 radical (unpaired) electrons. The Morgan fingerprint density at radius 1 is 0.632 bits per heavy atom. The zero-order valence-corrected chi connectivity index (χ0v) is 28.4. The van der Waals surface area contributed by atoms with Crippen LogP contribution in [0.1, 0.15) is 52.7 Å². The highest BCUT2D eigenvalue weighted by Gasteiger charge is 2.37. The van der Waals surface area contributed by atoms with Crippen molar-refractivity contribution in [3.8, 4) is 0 Å². The van der Waals surface area contributed by atoms with Crippen LogP contribution in [0.25, 0.3) is 5.57 Å². The Hall–Kier alpha value is -1.87. The average molecular weight is 555 g/mol. The summed E-state index contributed by atoms with van der Waals surface area (Å²) in [7, 11) is 0.835. The molecule has 0 aromatic heterocycles. The van der Waals surface area contributed by atoms with Crippen molar-refractivity contribution in [2.75, 3.05) is 50.2 Å². The van der Waals surface area contributed by atoms with Crippen molar-refractivity contribution in [3.05, 3.63) is 66.2 Å². The van der Waals surface area contributed by atoms with Crippen LogP contribution in [0.15, 0.2) is 55.1 Å². The van der Waals surface area contributed by atoms with Crippen LogP contribution >= 0.6 is 0 Å². The largest absolute Gasteiger partial charge is 0.415 e. The molecule has 2 aromatic rings. The molecule has 0 heterocycles. The fraction of sp³-hybridized carbons (Fsp3) is 0.562. The van der Waals surface area contributed by atoms with Crippen molar-refractivity contribution in [3.63, 3.8) is 0 Å². The summed E-state index contributed by atoms with van der Waals surface area (Å²) >= 11 is 0. The Labute approximate surface area is 236 Å². The molecule has 0 bridgehead atoms. The van der Waals surface area contributed by atoms with Gasteiger partial charge >= 0.3 is 0 Å². The molecule has 2 aromatic carbocycles. The Balaban J connectivity index is 1.92. The lowest BCUT2D eigenvalue weighted by Crippen LogP contribution is -2.42. The van der Waals surface area contributed by atoms with Gasteiger partial charge in [-0.2, -0.15) is 0 Å². The van der Waals surface area contributed by atoms with Crippen LogP contribution in [0.5, 0.6) is 0 Å². The number of hydrogen-bond donors (Lipinski definition) is 0. The first-order valence-electron chi connectivity index (χ1n) is 14.0. The molecule has 0 saturated heterocycles. The van der Waals surface area contributed by atoms with E-state index in [4.69, 9.17) is 8.85 Å². The molecule has 0 aliphatic rings. The highest BCUT2D eigenvalue weighted by atomic mass is 28.4. The van der Waals surface area contributed by atoms with Crippen LogP contribution in [0.3, 0.4) is 0 Å². The predicted octanol–water partition coefficient (Wildman–Crippen LogP) is 8.66. The zero-order chi connectivity index (χ0) is 28.9. The second kappa shape index (κ2) is 12.5. The number of anilines is 2. The van der Waals surface area contributed by atoms with Gasteiger partial charge in [-0.1, -0.05) is 72.4 Å². The molecule has 0 aliphatic carbocycles. The Morgan fingerprint density at radius 2 is 0.921 bits per heavy atom. The topological polar surface area (TPSA) is 24.9 Å².